The Hall–Kier alpha value is -1.36. The molecule has 0 aliphatic carbocycles. The van der Waals surface area contributed by atoms with E-state index in [-0.39, 0.29) is 11.9 Å². The van der Waals surface area contributed by atoms with Crippen molar-refractivity contribution in [3.63, 3.8) is 0 Å². The van der Waals surface area contributed by atoms with E-state index >= 15 is 0 Å². The van der Waals surface area contributed by atoms with Gasteiger partial charge in [-0.15, -0.1) is 0 Å². The summed E-state index contributed by atoms with van der Waals surface area (Å²) in [5.41, 5.74) is 7.42. The molecule has 1 aromatic rings. The molecule has 0 bridgehead atoms. The number of aromatic nitrogens is 2. The maximum atomic E-state index is 11.4. The molecule has 3 N–H and O–H groups in total. The quantitative estimate of drug-likeness (QED) is 0.751. The van der Waals surface area contributed by atoms with Crippen LogP contribution in [0, 0.1) is 6.92 Å². The molecule has 1 heterocycles. The van der Waals surface area contributed by atoms with Crippen molar-refractivity contribution in [1.82, 2.24) is 15.1 Å². The van der Waals surface area contributed by atoms with E-state index in [1.807, 2.05) is 27.1 Å². The lowest BCUT2D eigenvalue weighted by Gasteiger charge is -2.14. The van der Waals surface area contributed by atoms with Gasteiger partial charge in [-0.25, -0.2) is 0 Å². The van der Waals surface area contributed by atoms with Crippen LogP contribution in [0.3, 0.4) is 0 Å². The Balaban J connectivity index is 2.73. The lowest BCUT2D eigenvalue weighted by atomic mass is 10.1. The fourth-order valence-electron chi connectivity index (χ4n) is 1.47. The molecule has 0 aliphatic heterocycles. The second-order valence-corrected chi connectivity index (χ2v) is 3.86. The van der Waals surface area contributed by atoms with Crippen molar-refractivity contribution in [2.24, 2.45) is 12.8 Å². The first kappa shape index (κ1) is 11.7. The van der Waals surface area contributed by atoms with E-state index in [4.69, 9.17) is 5.73 Å². The van der Waals surface area contributed by atoms with Crippen LogP contribution in [0.15, 0.2) is 6.20 Å². The zero-order valence-electron chi connectivity index (χ0n) is 9.61. The van der Waals surface area contributed by atoms with Gasteiger partial charge in [-0.1, -0.05) is 0 Å². The van der Waals surface area contributed by atoms with Crippen LogP contribution in [-0.2, 0) is 11.8 Å². The molecule has 1 unspecified atom stereocenters. The van der Waals surface area contributed by atoms with E-state index < -0.39 is 6.04 Å². The summed E-state index contributed by atoms with van der Waals surface area (Å²) in [4.78, 5) is 11.4. The first-order valence-electron chi connectivity index (χ1n) is 4.98. The maximum absolute atomic E-state index is 11.4. The van der Waals surface area contributed by atoms with Crippen LogP contribution in [0.5, 0.6) is 0 Å². The molecule has 5 heteroatoms. The number of carbonyl (C=O) groups is 1. The molecule has 0 aromatic carbocycles. The molecule has 0 spiro atoms. The number of carbonyl (C=O) groups excluding carboxylic acids is 1. The third-order valence-electron chi connectivity index (χ3n) is 2.29. The highest BCUT2D eigenvalue weighted by Gasteiger charge is 2.15. The van der Waals surface area contributed by atoms with Gasteiger partial charge in [0.05, 0.1) is 17.8 Å². The fourth-order valence-corrected chi connectivity index (χ4v) is 1.47. The first-order valence-corrected chi connectivity index (χ1v) is 4.98. The lowest BCUT2D eigenvalue weighted by molar-refractivity contribution is -0.122. The molecular formula is C10H18N4O. The molecule has 1 aromatic heterocycles. The fraction of sp³-hybridized carbons (Fsp3) is 0.600. The van der Waals surface area contributed by atoms with Gasteiger partial charge in [-0.3, -0.25) is 9.48 Å². The zero-order chi connectivity index (χ0) is 11.6. The van der Waals surface area contributed by atoms with E-state index in [1.165, 1.54) is 0 Å². The van der Waals surface area contributed by atoms with Gasteiger partial charge < -0.3 is 11.1 Å². The van der Waals surface area contributed by atoms with Gasteiger partial charge >= 0.3 is 0 Å². The number of aryl methyl sites for hydroxylation is 2. The van der Waals surface area contributed by atoms with Crippen molar-refractivity contribution >= 4 is 5.91 Å². The van der Waals surface area contributed by atoms with Gasteiger partial charge in [0.25, 0.3) is 0 Å². The van der Waals surface area contributed by atoms with Crippen LogP contribution in [0.1, 0.15) is 31.1 Å². The summed E-state index contributed by atoms with van der Waals surface area (Å²) >= 11 is 0. The summed E-state index contributed by atoms with van der Waals surface area (Å²) in [7, 11) is 1.86. The standard InChI is InChI=1S/C10H18N4O/c1-6(11)10(15)12-7(2)9-5-14(4)13-8(9)3/h5-7H,11H2,1-4H3,(H,12,15)/t6-,7?/m1/s1. The van der Waals surface area contributed by atoms with Gasteiger partial charge in [0.1, 0.15) is 0 Å². The Morgan fingerprint density at radius 3 is 2.60 bits per heavy atom. The predicted octanol–water partition coefficient (Wildman–Crippen LogP) is 0.253. The second-order valence-electron chi connectivity index (χ2n) is 3.86. The number of amides is 1. The van der Waals surface area contributed by atoms with Crippen molar-refractivity contribution in [1.29, 1.82) is 0 Å². The highest BCUT2D eigenvalue weighted by atomic mass is 16.2. The van der Waals surface area contributed by atoms with Crippen molar-refractivity contribution in [3.8, 4) is 0 Å². The van der Waals surface area contributed by atoms with E-state index in [2.05, 4.69) is 10.4 Å². The van der Waals surface area contributed by atoms with Crippen LogP contribution in [0.25, 0.3) is 0 Å². The molecule has 0 fully saturated rings. The number of nitrogens with zero attached hydrogens (tertiary/aromatic N) is 2. The monoisotopic (exact) mass is 210 g/mol. The number of nitrogens with one attached hydrogen (secondary N) is 1. The van der Waals surface area contributed by atoms with Gasteiger partial charge in [0.2, 0.25) is 5.91 Å². The molecule has 84 valence electrons. The van der Waals surface area contributed by atoms with Crippen molar-refractivity contribution in [3.05, 3.63) is 17.5 Å². The lowest BCUT2D eigenvalue weighted by Crippen LogP contribution is -2.39. The number of hydrogen-bond acceptors (Lipinski definition) is 3. The average Bonchev–Trinajstić information content (AvgIpc) is 2.44. The summed E-state index contributed by atoms with van der Waals surface area (Å²) in [5, 5.41) is 7.05. The van der Waals surface area contributed by atoms with Crippen LogP contribution >= 0.6 is 0 Å². The first-order chi connectivity index (χ1) is 6.91. The molecule has 0 saturated carbocycles. The van der Waals surface area contributed by atoms with Crippen LogP contribution in [-0.4, -0.2) is 21.7 Å². The average molecular weight is 210 g/mol. The molecule has 1 rings (SSSR count). The molecule has 0 radical (unpaired) electrons. The van der Waals surface area contributed by atoms with Gasteiger partial charge in [0.15, 0.2) is 0 Å². The number of hydrogen-bond donors (Lipinski definition) is 2. The summed E-state index contributed by atoms with van der Waals surface area (Å²) in [5.74, 6) is -0.147. The van der Waals surface area contributed by atoms with Gasteiger partial charge in [-0.2, -0.15) is 5.10 Å². The van der Waals surface area contributed by atoms with Crippen LogP contribution in [0.2, 0.25) is 0 Å². The molecule has 1 amide bonds. The Morgan fingerprint density at radius 1 is 1.60 bits per heavy atom. The third kappa shape index (κ3) is 2.79. The SMILES string of the molecule is Cc1nn(C)cc1C(C)NC(=O)[C@@H](C)N. The van der Waals surface area contributed by atoms with Crippen LogP contribution < -0.4 is 11.1 Å². The Labute approximate surface area is 89.6 Å². The maximum Gasteiger partial charge on any atom is 0.237 e. The minimum Gasteiger partial charge on any atom is -0.348 e. The highest BCUT2D eigenvalue weighted by molar-refractivity contribution is 5.81. The predicted molar refractivity (Wildman–Crippen MR) is 58.2 cm³/mol. The van der Waals surface area contributed by atoms with Gasteiger partial charge in [-0.05, 0) is 20.8 Å². The number of nitrogens with two attached hydrogens (primary N) is 1. The number of rotatable bonds is 3. The minimum absolute atomic E-state index is 0.0581. The molecule has 15 heavy (non-hydrogen) atoms. The second kappa shape index (κ2) is 4.44. The molecule has 0 aliphatic rings. The van der Waals surface area contributed by atoms with Crippen molar-refractivity contribution < 1.29 is 4.79 Å². The Morgan fingerprint density at radius 2 is 2.20 bits per heavy atom. The zero-order valence-corrected chi connectivity index (χ0v) is 9.61. The largest absolute Gasteiger partial charge is 0.348 e. The van der Waals surface area contributed by atoms with E-state index in [9.17, 15) is 4.79 Å². The third-order valence-corrected chi connectivity index (χ3v) is 2.29. The highest BCUT2D eigenvalue weighted by Crippen LogP contribution is 2.15. The normalized spacial score (nSPS) is 14.7. The van der Waals surface area contributed by atoms with E-state index in [1.54, 1.807) is 11.6 Å². The summed E-state index contributed by atoms with van der Waals surface area (Å²) in [6.45, 7) is 5.51. The molecule has 5 nitrogen and oxygen atoms in total. The topological polar surface area (TPSA) is 72.9 Å². The van der Waals surface area contributed by atoms with Crippen molar-refractivity contribution in [2.75, 3.05) is 0 Å². The smallest absolute Gasteiger partial charge is 0.237 e. The molecular weight excluding hydrogens is 192 g/mol. The van der Waals surface area contributed by atoms with E-state index in [0.717, 1.165) is 11.3 Å². The van der Waals surface area contributed by atoms with Crippen LogP contribution in [0.4, 0.5) is 0 Å². The van der Waals surface area contributed by atoms with E-state index in [0.29, 0.717) is 0 Å². The minimum atomic E-state index is -0.482. The summed E-state index contributed by atoms with van der Waals surface area (Å²) < 4.78 is 1.74. The summed E-state index contributed by atoms with van der Waals surface area (Å²) in [6, 6.07) is -0.540. The molecule has 2 atom stereocenters. The van der Waals surface area contributed by atoms with Gasteiger partial charge in [0, 0.05) is 18.8 Å². The van der Waals surface area contributed by atoms with Crippen molar-refractivity contribution in [2.45, 2.75) is 32.9 Å². The Bertz CT molecular complexity index is 356. The molecule has 0 saturated heterocycles. The summed E-state index contributed by atoms with van der Waals surface area (Å²) in [6.07, 6.45) is 1.90. The Kier molecular flexibility index (Phi) is 3.47.